The van der Waals surface area contributed by atoms with Crippen molar-refractivity contribution in [3.63, 3.8) is 0 Å². The van der Waals surface area contributed by atoms with Crippen molar-refractivity contribution in [3.8, 4) is 5.88 Å². The van der Waals surface area contributed by atoms with Gasteiger partial charge in [0.15, 0.2) is 0 Å². The summed E-state index contributed by atoms with van der Waals surface area (Å²) < 4.78 is 34.5. The molecule has 3 aliphatic rings. The molecule has 3 saturated carbocycles. The van der Waals surface area contributed by atoms with Crippen LogP contribution in [0.3, 0.4) is 0 Å². The van der Waals surface area contributed by atoms with Crippen molar-refractivity contribution in [3.05, 3.63) is 17.8 Å². The van der Waals surface area contributed by atoms with E-state index in [1.807, 2.05) is 0 Å². The van der Waals surface area contributed by atoms with Crippen LogP contribution in [0.2, 0.25) is 0 Å². The molecule has 0 bridgehead atoms. The second-order valence-corrected chi connectivity index (χ2v) is 10.1. The lowest BCUT2D eigenvalue weighted by atomic mass is 9.67. The number of rotatable bonds is 5. The molecule has 4 unspecified atom stereocenters. The van der Waals surface area contributed by atoms with E-state index in [0.29, 0.717) is 40.8 Å². The summed E-state index contributed by atoms with van der Waals surface area (Å²) in [6.07, 6.45) is 9.78. The van der Waals surface area contributed by atoms with Gasteiger partial charge in [0, 0.05) is 12.1 Å². The van der Waals surface area contributed by atoms with Crippen molar-refractivity contribution in [1.29, 1.82) is 0 Å². The summed E-state index contributed by atoms with van der Waals surface area (Å²) in [7, 11) is -2.57. The number of ether oxygens (including phenoxy) is 1. The zero-order valence-corrected chi connectivity index (χ0v) is 17.8. The van der Waals surface area contributed by atoms with Crippen LogP contribution < -0.4 is 19.5 Å². The molecule has 8 nitrogen and oxygen atoms in total. The summed E-state index contributed by atoms with van der Waals surface area (Å²) in [5.74, 6) is 2.68. The molecule has 9 heteroatoms. The highest BCUT2D eigenvalue weighted by Gasteiger charge is 2.48. The molecule has 3 fully saturated rings. The van der Waals surface area contributed by atoms with Crippen LogP contribution in [0.4, 0.5) is 10.5 Å². The van der Waals surface area contributed by atoms with E-state index >= 15 is 0 Å². The molecule has 29 heavy (non-hydrogen) atoms. The van der Waals surface area contributed by atoms with Gasteiger partial charge in [-0.05, 0) is 55.4 Å². The van der Waals surface area contributed by atoms with Crippen molar-refractivity contribution in [2.45, 2.75) is 57.9 Å². The number of pyridine rings is 1. The first-order valence-electron chi connectivity index (χ1n) is 10.5. The predicted molar refractivity (Wildman–Crippen MR) is 110 cm³/mol. The third kappa shape index (κ3) is 4.29. The Morgan fingerprint density at radius 2 is 1.79 bits per heavy atom. The number of aromatic nitrogens is 1. The van der Waals surface area contributed by atoms with Gasteiger partial charge in [-0.25, -0.2) is 14.5 Å². The predicted octanol–water partition coefficient (Wildman–Crippen LogP) is 2.96. The molecule has 1 aromatic rings. The number of nitrogens with zero attached hydrogens (tertiary/aromatic N) is 1. The highest BCUT2D eigenvalue weighted by molar-refractivity contribution is 7.91. The van der Waals surface area contributed by atoms with E-state index in [4.69, 9.17) is 4.74 Å². The maximum Gasteiger partial charge on any atom is 0.330 e. The first kappa shape index (κ1) is 20.3. The van der Waals surface area contributed by atoms with E-state index in [-0.39, 0.29) is 6.04 Å². The number of hydrogen-bond donors (Lipinski definition) is 3. The standard InChI is InChI=1S/C20H30N4O4S/c1-12-9-18(28-2)21-11-17(12)23-29(26,27)24-20(25)22-19-15-7-3-5-13(15)10-14-6-4-8-16(14)19/h9,11,13-16,19,23H,3-8,10H2,1-2H3,(H2,22,24,25). The van der Waals surface area contributed by atoms with Crippen molar-refractivity contribution in [1.82, 2.24) is 15.0 Å². The molecule has 0 aliphatic heterocycles. The lowest BCUT2D eigenvalue weighted by molar-refractivity contribution is 0.106. The molecule has 160 valence electrons. The molecule has 0 saturated heterocycles. The molecule has 3 N–H and O–H groups in total. The molecule has 1 aromatic heterocycles. The van der Waals surface area contributed by atoms with Gasteiger partial charge in [0.1, 0.15) is 0 Å². The third-order valence-electron chi connectivity index (χ3n) is 7.03. The van der Waals surface area contributed by atoms with E-state index in [2.05, 4.69) is 19.7 Å². The second-order valence-electron chi connectivity index (χ2n) is 8.69. The van der Waals surface area contributed by atoms with E-state index < -0.39 is 16.2 Å². The Bertz CT molecular complexity index is 855. The Morgan fingerprint density at radius 3 is 2.38 bits per heavy atom. The number of nitrogens with one attached hydrogen (secondary N) is 3. The monoisotopic (exact) mass is 422 g/mol. The first-order chi connectivity index (χ1) is 13.9. The third-order valence-corrected chi connectivity index (χ3v) is 7.97. The minimum Gasteiger partial charge on any atom is -0.481 e. The smallest absolute Gasteiger partial charge is 0.330 e. The highest BCUT2D eigenvalue weighted by atomic mass is 32.2. The Hall–Kier alpha value is -2.03. The molecule has 4 atom stereocenters. The molecule has 2 amide bonds. The van der Waals surface area contributed by atoms with Crippen molar-refractivity contribution < 1.29 is 17.9 Å². The van der Waals surface area contributed by atoms with Crippen LogP contribution in [0.25, 0.3) is 0 Å². The second kappa shape index (κ2) is 8.01. The van der Waals surface area contributed by atoms with Crippen molar-refractivity contribution >= 4 is 21.9 Å². The average Bonchev–Trinajstić information content (AvgIpc) is 3.31. The van der Waals surface area contributed by atoms with E-state index in [1.54, 1.807) is 13.0 Å². The summed E-state index contributed by atoms with van der Waals surface area (Å²) in [5, 5.41) is 3.03. The Balaban J connectivity index is 1.41. The normalized spacial score (nSPS) is 30.9. The number of amides is 2. The summed E-state index contributed by atoms with van der Waals surface area (Å²) in [4.78, 5) is 16.6. The summed E-state index contributed by atoms with van der Waals surface area (Å²) in [6.45, 7) is 1.74. The fourth-order valence-electron chi connectivity index (χ4n) is 5.80. The summed E-state index contributed by atoms with van der Waals surface area (Å²) in [5.41, 5.74) is 0.952. The quantitative estimate of drug-likeness (QED) is 0.676. The van der Waals surface area contributed by atoms with Gasteiger partial charge >= 0.3 is 16.2 Å². The Morgan fingerprint density at radius 1 is 1.14 bits per heavy atom. The van der Waals surface area contributed by atoms with Crippen LogP contribution in [0.15, 0.2) is 12.3 Å². The van der Waals surface area contributed by atoms with Crippen molar-refractivity contribution in [2.75, 3.05) is 11.8 Å². The van der Waals surface area contributed by atoms with Gasteiger partial charge in [-0.3, -0.25) is 4.72 Å². The van der Waals surface area contributed by atoms with Gasteiger partial charge in [-0.1, -0.05) is 25.7 Å². The number of fused-ring (bicyclic) bond motifs is 2. The molecule has 0 spiro atoms. The number of carbonyl (C=O) groups excluding carboxylic acids is 1. The number of methoxy groups -OCH3 is 1. The van der Waals surface area contributed by atoms with Gasteiger partial charge < -0.3 is 10.1 Å². The number of anilines is 1. The fraction of sp³-hybridized carbons (Fsp3) is 0.700. The summed E-state index contributed by atoms with van der Waals surface area (Å²) in [6, 6.07) is 1.05. The number of aryl methyl sites for hydroxylation is 1. The van der Waals surface area contributed by atoms with Crippen molar-refractivity contribution in [2.24, 2.45) is 23.7 Å². The summed E-state index contributed by atoms with van der Waals surface area (Å²) >= 11 is 0. The Kier molecular flexibility index (Phi) is 5.59. The maximum absolute atomic E-state index is 12.6. The fourth-order valence-corrected chi connectivity index (χ4v) is 6.66. The van der Waals surface area contributed by atoms with Crippen LogP contribution in [-0.4, -0.2) is 32.6 Å². The van der Waals surface area contributed by atoms with Crippen LogP contribution in [0, 0.1) is 30.6 Å². The van der Waals surface area contributed by atoms with Crippen LogP contribution in [0.5, 0.6) is 5.88 Å². The SMILES string of the molecule is COc1cc(C)c(NS(=O)(=O)NC(=O)NC2C3CCCC3CC3CCCC32)cn1. The molecule has 0 aromatic carbocycles. The average molecular weight is 423 g/mol. The molecule has 3 aliphatic carbocycles. The van der Waals surface area contributed by atoms with E-state index in [0.717, 1.165) is 12.8 Å². The lowest BCUT2D eigenvalue weighted by Crippen LogP contribution is -2.54. The number of carbonyl (C=O) groups is 1. The Labute approximate surface area is 172 Å². The lowest BCUT2D eigenvalue weighted by Gasteiger charge is -2.42. The van der Waals surface area contributed by atoms with Gasteiger partial charge in [0.2, 0.25) is 5.88 Å². The largest absolute Gasteiger partial charge is 0.481 e. The van der Waals surface area contributed by atoms with Gasteiger partial charge in [0.05, 0.1) is 19.0 Å². The molecule has 1 heterocycles. The number of hydrogen-bond acceptors (Lipinski definition) is 5. The molecule has 4 rings (SSSR count). The van der Waals surface area contributed by atoms with Gasteiger partial charge in [-0.15, -0.1) is 0 Å². The zero-order chi connectivity index (χ0) is 20.6. The van der Waals surface area contributed by atoms with Crippen LogP contribution >= 0.6 is 0 Å². The van der Waals surface area contributed by atoms with Gasteiger partial charge in [0.25, 0.3) is 0 Å². The van der Waals surface area contributed by atoms with Gasteiger partial charge in [-0.2, -0.15) is 8.42 Å². The topological polar surface area (TPSA) is 109 Å². The number of urea groups is 1. The van der Waals surface area contributed by atoms with Crippen LogP contribution in [0.1, 0.15) is 50.5 Å². The maximum atomic E-state index is 12.6. The molecular weight excluding hydrogens is 392 g/mol. The minimum atomic E-state index is -4.06. The minimum absolute atomic E-state index is 0.0725. The van der Waals surface area contributed by atoms with E-state index in [9.17, 15) is 13.2 Å². The van der Waals surface area contributed by atoms with E-state index in [1.165, 1.54) is 45.4 Å². The molecular formula is C20H30N4O4S. The van der Waals surface area contributed by atoms with Crippen LogP contribution in [-0.2, 0) is 10.2 Å². The zero-order valence-electron chi connectivity index (χ0n) is 17.0. The first-order valence-corrected chi connectivity index (χ1v) is 12.0. The molecule has 0 radical (unpaired) electrons. The highest BCUT2D eigenvalue weighted by Crippen LogP contribution is 2.52.